The summed E-state index contributed by atoms with van der Waals surface area (Å²) in [4.78, 5) is 31.4. The summed E-state index contributed by atoms with van der Waals surface area (Å²) in [5, 5.41) is 0.493. The van der Waals surface area contributed by atoms with Crippen LogP contribution in [0, 0.1) is 0 Å². The van der Waals surface area contributed by atoms with Gasteiger partial charge in [0.05, 0.1) is 25.0 Å². The van der Waals surface area contributed by atoms with E-state index in [2.05, 4.69) is 4.90 Å². The summed E-state index contributed by atoms with van der Waals surface area (Å²) in [7, 11) is 1.35. The second-order valence-corrected chi connectivity index (χ2v) is 7.32. The lowest BCUT2D eigenvalue weighted by molar-refractivity contribution is -0.137. The lowest BCUT2D eigenvalue weighted by Gasteiger charge is -2.21. The van der Waals surface area contributed by atoms with E-state index in [1.54, 1.807) is 6.92 Å². The van der Waals surface area contributed by atoms with E-state index in [0.29, 0.717) is 10.6 Å². The molecule has 0 aliphatic carbocycles. The Balaban J connectivity index is 2.13. The molecule has 1 aromatic carbocycles. The van der Waals surface area contributed by atoms with Crippen LogP contribution in [0.2, 0.25) is 0 Å². The molecule has 1 fully saturated rings. The van der Waals surface area contributed by atoms with Gasteiger partial charge in [-0.2, -0.15) is 0 Å². The van der Waals surface area contributed by atoms with Crippen LogP contribution in [0.5, 0.6) is 0 Å². The molecule has 0 unspecified atom stereocenters. The molecule has 1 aromatic heterocycles. The van der Waals surface area contributed by atoms with Crippen molar-refractivity contribution < 1.29 is 19.1 Å². The van der Waals surface area contributed by atoms with Gasteiger partial charge in [0.1, 0.15) is 10.8 Å². The molecule has 2 aromatic rings. The summed E-state index contributed by atoms with van der Waals surface area (Å²) >= 11 is 1.20. The molecule has 3 rings (SSSR count). The molecule has 2 heterocycles. The number of carbonyl (C=O) groups excluding carboxylic acids is 2. The lowest BCUT2D eigenvalue weighted by Crippen LogP contribution is -2.21. The number of benzene rings is 1. The molecular weight excluding hydrogens is 376 g/mol. The molecule has 6 nitrogen and oxygen atoms in total. The molecule has 148 valence electrons. The minimum Gasteiger partial charge on any atom is -0.468 e. The van der Waals surface area contributed by atoms with Crippen LogP contribution >= 0.6 is 11.8 Å². The van der Waals surface area contributed by atoms with Crippen molar-refractivity contribution in [2.24, 2.45) is 0 Å². The van der Waals surface area contributed by atoms with Crippen LogP contribution in [0.3, 0.4) is 0 Å². The number of aromatic nitrogens is 1. The zero-order valence-electron chi connectivity index (χ0n) is 16.1. The van der Waals surface area contributed by atoms with Crippen LogP contribution < -0.4 is 4.90 Å². The minimum absolute atomic E-state index is 0.0770. The molecule has 0 amide bonds. The number of ether oxygens (including phenoxy) is 2. The largest absolute Gasteiger partial charge is 0.468 e. The molecular formula is C21H24N2O4S. The summed E-state index contributed by atoms with van der Waals surface area (Å²) in [5.41, 5.74) is 2.07. The maximum absolute atomic E-state index is 12.8. The molecule has 7 heteroatoms. The standard InChI is InChI=1S/C21H24N2O4S/c1-3-27-21(25)19-16(15-9-5-4-6-10-15)13-17(23-11-7-8-12-23)22-20(19)28-14-18(24)26-2/h4-6,9-10,13H,3,7-8,11-12,14H2,1-2H3. The Bertz CT molecular complexity index is 836. The van der Waals surface area contributed by atoms with Crippen molar-refractivity contribution >= 4 is 29.5 Å². The van der Waals surface area contributed by atoms with E-state index >= 15 is 0 Å². The Morgan fingerprint density at radius 3 is 2.54 bits per heavy atom. The molecule has 1 aliphatic heterocycles. The number of rotatable bonds is 7. The highest BCUT2D eigenvalue weighted by Gasteiger charge is 2.25. The normalized spacial score (nSPS) is 13.4. The highest BCUT2D eigenvalue weighted by atomic mass is 32.2. The van der Waals surface area contributed by atoms with Gasteiger partial charge in [0.25, 0.3) is 0 Å². The number of carbonyl (C=O) groups is 2. The van der Waals surface area contributed by atoms with E-state index in [1.807, 2.05) is 36.4 Å². The van der Waals surface area contributed by atoms with Crippen molar-refractivity contribution in [3.05, 3.63) is 42.0 Å². The summed E-state index contributed by atoms with van der Waals surface area (Å²) in [6, 6.07) is 11.7. The maximum atomic E-state index is 12.8. The zero-order chi connectivity index (χ0) is 19.9. The fourth-order valence-corrected chi connectivity index (χ4v) is 4.02. The summed E-state index contributed by atoms with van der Waals surface area (Å²) in [6.07, 6.45) is 2.24. The highest BCUT2D eigenvalue weighted by molar-refractivity contribution is 8.00. The molecule has 1 saturated heterocycles. The topological polar surface area (TPSA) is 68.7 Å². The monoisotopic (exact) mass is 400 g/mol. The minimum atomic E-state index is -0.436. The van der Waals surface area contributed by atoms with Gasteiger partial charge in [0.2, 0.25) is 0 Å². The van der Waals surface area contributed by atoms with Gasteiger partial charge in [-0.05, 0) is 31.4 Å². The number of anilines is 1. The van der Waals surface area contributed by atoms with Crippen molar-refractivity contribution in [1.82, 2.24) is 4.98 Å². The third-order valence-corrected chi connectivity index (χ3v) is 5.47. The quantitative estimate of drug-likeness (QED) is 0.517. The SMILES string of the molecule is CCOC(=O)c1c(-c2ccccc2)cc(N2CCCC2)nc1SCC(=O)OC. The first kappa shape index (κ1) is 20.2. The first-order chi connectivity index (χ1) is 13.6. The fourth-order valence-electron chi connectivity index (χ4n) is 3.15. The van der Waals surface area contributed by atoms with Gasteiger partial charge in [-0.1, -0.05) is 42.1 Å². The summed E-state index contributed by atoms with van der Waals surface area (Å²) in [6.45, 7) is 3.90. The van der Waals surface area contributed by atoms with E-state index < -0.39 is 5.97 Å². The first-order valence-electron chi connectivity index (χ1n) is 9.36. The maximum Gasteiger partial charge on any atom is 0.341 e. The zero-order valence-corrected chi connectivity index (χ0v) is 17.0. The first-order valence-corrected chi connectivity index (χ1v) is 10.3. The Kier molecular flexibility index (Phi) is 6.92. The number of nitrogens with zero attached hydrogens (tertiary/aromatic N) is 2. The molecule has 0 N–H and O–H groups in total. The van der Waals surface area contributed by atoms with Gasteiger partial charge in [0.15, 0.2) is 0 Å². The molecule has 0 saturated carbocycles. The Morgan fingerprint density at radius 2 is 1.89 bits per heavy atom. The van der Waals surface area contributed by atoms with E-state index in [9.17, 15) is 9.59 Å². The number of hydrogen-bond acceptors (Lipinski definition) is 7. The number of pyridine rings is 1. The molecule has 1 aliphatic rings. The molecule has 0 bridgehead atoms. The van der Waals surface area contributed by atoms with Crippen LogP contribution in [0.25, 0.3) is 11.1 Å². The van der Waals surface area contributed by atoms with Gasteiger partial charge < -0.3 is 14.4 Å². The summed E-state index contributed by atoms with van der Waals surface area (Å²) in [5.74, 6) is 0.0912. The predicted octanol–water partition coefficient (Wildman–Crippen LogP) is 3.79. The molecule has 0 spiro atoms. The van der Waals surface area contributed by atoms with Gasteiger partial charge in [-0.15, -0.1) is 0 Å². The Labute approximate surface area is 169 Å². The van der Waals surface area contributed by atoms with Gasteiger partial charge in [0, 0.05) is 18.7 Å². The summed E-state index contributed by atoms with van der Waals surface area (Å²) < 4.78 is 10.1. The average molecular weight is 401 g/mol. The number of thioether (sulfide) groups is 1. The van der Waals surface area contributed by atoms with Gasteiger partial charge in [-0.3, -0.25) is 4.79 Å². The van der Waals surface area contributed by atoms with Crippen LogP contribution in [-0.2, 0) is 14.3 Å². The Morgan fingerprint density at radius 1 is 1.18 bits per heavy atom. The van der Waals surface area contributed by atoms with Crippen LogP contribution in [0.4, 0.5) is 5.82 Å². The lowest BCUT2D eigenvalue weighted by atomic mass is 10.0. The van der Waals surface area contributed by atoms with Crippen LogP contribution in [0.1, 0.15) is 30.1 Å². The second-order valence-electron chi connectivity index (χ2n) is 6.35. The molecule has 28 heavy (non-hydrogen) atoms. The third-order valence-electron chi connectivity index (χ3n) is 4.52. The van der Waals surface area contributed by atoms with Crippen molar-refractivity contribution in [1.29, 1.82) is 0 Å². The van der Waals surface area contributed by atoms with Crippen molar-refractivity contribution in [3.63, 3.8) is 0 Å². The van der Waals surface area contributed by atoms with E-state index in [-0.39, 0.29) is 18.3 Å². The number of methoxy groups -OCH3 is 1. The van der Waals surface area contributed by atoms with Crippen LogP contribution in [-0.4, -0.2) is 49.5 Å². The highest BCUT2D eigenvalue weighted by Crippen LogP contribution is 2.35. The predicted molar refractivity (Wildman–Crippen MR) is 110 cm³/mol. The van der Waals surface area contributed by atoms with Crippen molar-refractivity contribution in [3.8, 4) is 11.1 Å². The molecule has 0 radical (unpaired) electrons. The van der Waals surface area contributed by atoms with E-state index in [4.69, 9.17) is 14.5 Å². The van der Waals surface area contributed by atoms with Crippen molar-refractivity contribution in [2.75, 3.05) is 37.5 Å². The Hall–Kier alpha value is -2.54. The van der Waals surface area contributed by atoms with Crippen molar-refractivity contribution in [2.45, 2.75) is 24.8 Å². The van der Waals surface area contributed by atoms with Gasteiger partial charge >= 0.3 is 11.9 Å². The number of hydrogen-bond donors (Lipinski definition) is 0. The van der Waals surface area contributed by atoms with E-state index in [1.165, 1.54) is 18.9 Å². The smallest absolute Gasteiger partial charge is 0.341 e. The fraction of sp³-hybridized carbons (Fsp3) is 0.381. The third kappa shape index (κ3) is 4.65. The van der Waals surface area contributed by atoms with E-state index in [0.717, 1.165) is 42.9 Å². The second kappa shape index (κ2) is 9.59. The van der Waals surface area contributed by atoms with Crippen LogP contribution in [0.15, 0.2) is 41.4 Å². The van der Waals surface area contributed by atoms with Gasteiger partial charge in [-0.25, -0.2) is 9.78 Å². The average Bonchev–Trinajstić information content (AvgIpc) is 3.27. The number of esters is 2. The molecule has 0 atom stereocenters.